The van der Waals surface area contributed by atoms with Gasteiger partial charge in [0.25, 0.3) is 5.91 Å². The summed E-state index contributed by atoms with van der Waals surface area (Å²) in [5, 5.41) is 24.2. The zero-order valence-electron chi connectivity index (χ0n) is 21.2. The molecule has 42 heavy (non-hydrogen) atoms. The lowest BCUT2D eigenvalue weighted by Gasteiger charge is -2.33. The average molecular weight is 658 g/mol. The minimum atomic E-state index is -5.36. The summed E-state index contributed by atoms with van der Waals surface area (Å²) >= 11 is 2.97. The third-order valence-electron chi connectivity index (χ3n) is 5.84. The van der Waals surface area contributed by atoms with Crippen LogP contribution in [0.3, 0.4) is 0 Å². The number of benzene rings is 2. The lowest BCUT2D eigenvalue weighted by molar-refractivity contribution is -0.199. The molecule has 1 aromatic heterocycles. The second-order valence-electron chi connectivity index (χ2n) is 8.73. The summed E-state index contributed by atoms with van der Waals surface area (Å²) in [5.74, 6) is -4.96. The maximum atomic E-state index is 13.6. The standard InChI is InChI=1S/C24H20BrF4N7O6/c25-16-11-15(5-6-17(16)26)30-19(33-41-22(38)24(27,28)29)18-20(34-42-32-18)31-21(37)14-3-1-13(2-4-14)12-35-7-9-36(10-8-35)23(39)40/h1-6,11H,7-10,12H2,(H,30,33)(H,39,40)(H,31,34,37). The van der Waals surface area contributed by atoms with Gasteiger partial charge in [0.1, 0.15) is 5.82 Å². The van der Waals surface area contributed by atoms with E-state index < -0.39 is 41.5 Å². The van der Waals surface area contributed by atoms with Crippen molar-refractivity contribution in [2.45, 2.75) is 12.7 Å². The SMILES string of the molecule is O=C(Nc1nonc1/C(=N\OC(=O)C(F)(F)F)Nc1ccc(F)c(Br)c1)c1ccc(CN2CCN(C(=O)O)CC2)cc1. The largest absolute Gasteiger partial charge is 0.493 e. The molecule has 18 heteroatoms. The summed E-state index contributed by atoms with van der Waals surface area (Å²) in [7, 11) is 0. The highest BCUT2D eigenvalue weighted by Gasteiger charge is 2.42. The highest BCUT2D eigenvalue weighted by molar-refractivity contribution is 9.10. The molecule has 1 saturated heterocycles. The van der Waals surface area contributed by atoms with Crippen LogP contribution in [0, 0.1) is 5.82 Å². The fourth-order valence-corrected chi connectivity index (χ4v) is 4.08. The monoisotopic (exact) mass is 657 g/mol. The van der Waals surface area contributed by atoms with Crippen LogP contribution in [0.4, 0.5) is 33.9 Å². The normalized spacial score (nSPS) is 14.4. The molecular weight excluding hydrogens is 638 g/mol. The number of alkyl halides is 3. The van der Waals surface area contributed by atoms with Gasteiger partial charge in [-0.05, 0) is 62.1 Å². The van der Waals surface area contributed by atoms with Crippen molar-refractivity contribution in [3.05, 3.63) is 69.6 Å². The van der Waals surface area contributed by atoms with Crippen molar-refractivity contribution in [3.8, 4) is 0 Å². The number of rotatable bonds is 7. The Morgan fingerprint density at radius 2 is 1.74 bits per heavy atom. The molecule has 4 rings (SSSR count). The number of hydrogen-bond acceptors (Lipinski definition) is 9. The molecule has 3 aromatic rings. The minimum Gasteiger partial charge on any atom is -0.465 e. The molecule has 1 aliphatic heterocycles. The molecule has 1 aliphatic rings. The second-order valence-corrected chi connectivity index (χ2v) is 9.58. The number of oxime groups is 1. The van der Waals surface area contributed by atoms with E-state index in [1.165, 1.54) is 29.2 Å². The van der Waals surface area contributed by atoms with E-state index in [4.69, 9.17) is 5.11 Å². The molecule has 2 amide bonds. The highest BCUT2D eigenvalue weighted by Crippen LogP contribution is 2.23. The number of nitrogens with zero attached hydrogens (tertiary/aromatic N) is 5. The summed E-state index contributed by atoms with van der Waals surface area (Å²) in [6.07, 6.45) is -6.32. The maximum Gasteiger partial charge on any atom is 0.493 e. The Morgan fingerprint density at radius 3 is 2.36 bits per heavy atom. The summed E-state index contributed by atoms with van der Waals surface area (Å²) < 4.78 is 56.3. The molecule has 0 aliphatic carbocycles. The Labute approximate surface area is 242 Å². The minimum absolute atomic E-state index is 0.00286. The molecule has 0 bridgehead atoms. The van der Waals surface area contributed by atoms with E-state index in [2.05, 4.69) is 56.4 Å². The van der Waals surface area contributed by atoms with Gasteiger partial charge in [-0.2, -0.15) is 13.2 Å². The quantitative estimate of drug-likeness (QED) is 0.112. The maximum absolute atomic E-state index is 13.6. The molecule has 3 N–H and O–H groups in total. The lowest BCUT2D eigenvalue weighted by Crippen LogP contribution is -2.47. The van der Waals surface area contributed by atoms with E-state index in [1.54, 1.807) is 12.1 Å². The Morgan fingerprint density at radius 1 is 1.05 bits per heavy atom. The van der Waals surface area contributed by atoms with Gasteiger partial charge in [0.15, 0.2) is 5.69 Å². The molecule has 0 saturated carbocycles. The van der Waals surface area contributed by atoms with E-state index in [9.17, 15) is 31.9 Å². The number of amidine groups is 1. The first-order chi connectivity index (χ1) is 19.9. The van der Waals surface area contributed by atoms with Gasteiger partial charge in [-0.1, -0.05) is 17.3 Å². The molecule has 2 heterocycles. The van der Waals surface area contributed by atoms with Crippen molar-refractivity contribution < 1.29 is 46.5 Å². The van der Waals surface area contributed by atoms with Crippen LogP contribution in [0.1, 0.15) is 21.6 Å². The first-order valence-electron chi connectivity index (χ1n) is 11.9. The van der Waals surface area contributed by atoms with Gasteiger partial charge in [-0.15, -0.1) is 0 Å². The highest BCUT2D eigenvalue weighted by atomic mass is 79.9. The second kappa shape index (κ2) is 12.9. The van der Waals surface area contributed by atoms with Gasteiger partial charge in [-0.3, -0.25) is 9.69 Å². The summed E-state index contributed by atoms with van der Waals surface area (Å²) in [6.45, 7) is 2.42. The molecule has 0 atom stereocenters. The van der Waals surface area contributed by atoms with Crippen LogP contribution in [0.15, 0.2) is 56.7 Å². The van der Waals surface area contributed by atoms with Gasteiger partial charge < -0.3 is 25.5 Å². The number of hydrogen-bond donors (Lipinski definition) is 3. The third-order valence-corrected chi connectivity index (χ3v) is 6.45. The van der Waals surface area contributed by atoms with Crippen LogP contribution in [0.25, 0.3) is 0 Å². The van der Waals surface area contributed by atoms with E-state index in [0.717, 1.165) is 11.6 Å². The van der Waals surface area contributed by atoms with Gasteiger partial charge in [-0.25, -0.2) is 18.6 Å². The first kappa shape index (κ1) is 30.4. The first-order valence-corrected chi connectivity index (χ1v) is 12.7. The van der Waals surface area contributed by atoms with Crippen molar-refractivity contribution in [1.82, 2.24) is 20.1 Å². The molecule has 222 valence electrons. The summed E-state index contributed by atoms with van der Waals surface area (Å²) in [5.41, 5.74) is 0.705. The number of halogens is 5. The number of carbonyl (C=O) groups excluding carboxylic acids is 2. The predicted molar refractivity (Wildman–Crippen MR) is 140 cm³/mol. The van der Waals surface area contributed by atoms with E-state index in [1.807, 2.05) is 0 Å². The number of carboxylic acid groups (broad SMARTS) is 1. The van der Waals surface area contributed by atoms with Crippen molar-refractivity contribution in [3.63, 3.8) is 0 Å². The van der Waals surface area contributed by atoms with Crippen molar-refractivity contribution in [2.24, 2.45) is 5.16 Å². The number of piperazine rings is 1. The fraction of sp³-hybridized carbons (Fsp3) is 0.250. The van der Waals surface area contributed by atoms with Crippen molar-refractivity contribution in [2.75, 3.05) is 36.8 Å². The topological polar surface area (TPSA) is 162 Å². The lowest BCUT2D eigenvalue weighted by atomic mass is 10.1. The number of aromatic nitrogens is 2. The smallest absolute Gasteiger partial charge is 0.465 e. The van der Waals surface area contributed by atoms with E-state index >= 15 is 0 Å². The van der Waals surface area contributed by atoms with Crippen LogP contribution in [-0.2, 0) is 16.2 Å². The Kier molecular flexibility index (Phi) is 9.36. The average Bonchev–Trinajstić information content (AvgIpc) is 3.40. The van der Waals surface area contributed by atoms with Crippen LogP contribution < -0.4 is 10.6 Å². The molecule has 0 spiro atoms. The molecule has 0 unspecified atom stereocenters. The van der Waals surface area contributed by atoms with Crippen LogP contribution in [0.5, 0.6) is 0 Å². The summed E-state index contributed by atoms with van der Waals surface area (Å²) in [6, 6.07) is 9.93. The van der Waals surface area contributed by atoms with Gasteiger partial charge in [0.2, 0.25) is 11.7 Å². The predicted octanol–water partition coefficient (Wildman–Crippen LogP) is 3.90. The zero-order valence-corrected chi connectivity index (χ0v) is 22.8. The number of anilines is 2. The number of nitrogens with one attached hydrogen (secondary N) is 2. The Bertz CT molecular complexity index is 1490. The molecule has 2 aromatic carbocycles. The van der Waals surface area contributed by atoms with Gasteiger partial charge in [0.05, 0.1) is 4.47 Å². The number of amides is 2. The van der Waals surface area contributed by atoms with Crippen molar-refractivity contribution >= 4 is 51.2 Å². The molecule has 0 radical (unpaired) electrons. The molecule has 1 fully saturated rings. The third kappa shape index (κ3) is 7.78. The van der Waals surface area contributed by atoms with Crippen LogP contribution >= 0.6 is 15.9 Å². The fourth-order valence-electron chi connectivity index (χ4n) is 3.70. The van der Waals surface area contributed by atoms with Gasteiger partial charge in [0, 0.05) is 44.0 Å². The summed E-state index contributed by atoms with van der Waals surface area (Å²) in [4.78, 5) is 42.6. The molecular formula is C24H20BrF4N7O6. The Balaban J connectivity index is 1.47. The van der Waals surface area contributed by atoms with Crippen LogP contribution in [-0.4, -0.2) is 81.4 Å². The van der Waals surface area contributed by atoms with Crippen LogP contribution in [0.2, 0.25) is 0 Å². The zero-order chi connectivity index (χ0) is 30.4. The number of carbonyl (C=O) groups is 3. The van der Waals surface area contributed by atoms with Gasteiger partial charge >= 0.3 is 18.2 Å². The van der Waals surface area contributed by atoms with E-state index in [0.29, 0.717) is 32.7 Å². The van der Waals surface area contributed by atoms with E-state index in [-0.39, 0.29) is 21.5 Å². The van der Waals surface area contributed by atoms with Crippen molar-refractivity contribution in [1.29, 1.82) is 0 Å². The Hall–Kier alpha value is -4.58. The molecule has 13 nitrogen and oxygen atoms in total.